The molecule has 16 heavy (non-hydrogen) atoms. The van der Waals surface area contributed by atoms with Crippen molar-refractivity contribution in [2.45, 2.75) is 6.42 Å². The standard InChI is InChI=1S/C8H13N3O4S/c1-11-5-3-7(10-11)2-4-9-16(14,15)6-8(12)13/h3,5,9H,2,4,6H2,1H3,(H,12,13). The van der Waals surface area contributed by atoms with Crippen LogP contribution in [0.25, 0.3) is 0 Å². The van der Waals surface area contributed by atoms with Gasteiger partial charge in [-0.2, -0.15) is 5.10 Å². The van der Waals surface area contributed by atoms with Crippen molar-refractivity contribution >= 4 is 16.0 Å². The maximum Gasteiger partial charge on any atom is 0.320 e. The summed E-state index contributed by atoms with van der Waals surface area (Å²) in [5.41, 5.74) is 0.750. The average Bonchev–Trinajstić information content (AvgIpc) is 2.48. The number of nitrogens with zero attached hydrogens (tertiary/aromatic N) is 2. The van der Waals surface area contributed by atoms with E-state index in [1.54, 1.807) is 24.0 Å². The molecule has 0 aliphatic heterocycles. The maximum absolute atomic E-state index is 11.1. The molecule has 7 nitrogen and oxygen atoms in total. The van der Waals surface area contributed by atoms with Crippen molar-refractivity contribution in [1.29, 1.82) is 0 Å². The molecule has 1 aromatic rings. The minimum absolute atomic E-state index is 0.145. The first-order valence-corrected chi connectivity index (χ1v) is 6.22. The summed E-state index contributed by atoms with van der Waals surface area (Å²) in [5, 5.41) is 12.4. The lowest BCUT2D eigenvalue weighted by Crippen LogP contribution is -2.31. The Bertz CT molecular complexity index is 465. The highest BCUT2D eigenvalue weighted by molar-refractivity contribution is 7.90. The van der Waals surface area contributed by atoms with E-state index in [1.807, 2.05) is 0 Å². The number of hydrogen-bond donors (Lipinski definition) is 2. The first-order valence-electron chi connectivity index (χ1n) is 4.57. The topological polar surface area (TPSA) is 101 Å². The Kier molecular flexibility index (Phi) is 4.02. The van der Waals surface area contributed by atoms with E-state index in [9.17, 15) is 13.2 Å². The second-order valence-corrected chi connectivity index (χ2v) is 5.08. The molecule has 1 rings (SSSR count). The molecule has 90 valence electrons. The Balaban J connectivity index is 2.38. The first kappa shape index (κ1) is 12.7. The van der Waals surface area contributed by atoms with Gasteiger partial charge in [-0.15, -0.1) is 0 Å². The molecule has 1 aromatic heterocycles. The van der Waals surface area contributed by atoms with Gasteiger partial charge >= 0.3 is 5.97 Å². The molecule has 0 amide bonds. The largest absolute Gasteiger partial charge is 0.480 e. The Morgan fingerprint density at radius 2 is 2.31 bits per heavy atom. The van der Waals surface area contributed by atoms with Crippen LogP contribution in [0, 0.1) is 0 Å². The van der Waals surface area contributed by atoms with Crippen molar-refractivity contribution in [2.75, 3.05) is 12.3 Å². The van der Waals surface area contributed by atoms with Crippen LogP contribution >= 0.6 is 0 Å². The second kappa shape index (κ2) is 5.08. The molecule has 0 bridgehead atoms. The number of sulfonamides is 1. The lowest BCUT2D eigenvalue weighted by molar-refractivity contribution is -0.134. The summed E-state index contributed by atoms with van der Waals surface area (Å²) in [5.74, 6) is -2.28. The molecule has 0 fully saturated rings. The third-order valence-corrected chi connectivity index (χ3v) is 3.06. The fourth-order valence-electron chi connectivity index (χ4n) is 1.14. The van der Waals surface area contributed by atoms with Crippen molar-refractivity contribution in [3.05, 3.63) is 18.0 Å². The number of carboxylic acid groups (broad SMARTS) is 1. The highest BCUT2D eigenvalue weighted by Crippen LogP contribution is 1.95. The van der Waals surface area contributed by atoms with Crippen molar-refractivity contribution in [2.24, 2.45) is 7.05 Å². The number of carboxylic acids is 1. The number of hydrogen-bond acceptors (Lipinski definition) is 4. The van der Waals surface area contributed by atoms with Crippen LogP contribution in [0.1, 0.15) is 5.69 Å². The van der Waals surface area contributed by atoms with Crippen LogP contribution in [0.5, 0.6) is 0 Å². The molecule has 0 saturated heterocycles. The van der Waals surface area contributed by atoms with Gasteiger partial charge in [-0.1, -0.05) is 0 Å². The predicted molar refractivity (Wildman–Crippen MR) is 56.3 cm³/mol. The van der Waals surface area contributed by atoms with Gasteiger partial charge in [-0.05, 0) is 6.07 Å². The van der Waals surface area contributed by atoms with Gasteiger partial charge in [0.05, 0.1) is 5.69 Å². The lowest BCUT2D eigenvalue weighted by atomic mass is 10.3. The van der Waals surface area contributed by atoms with Gasteiger partial charge in [0.2, 0.25) is 10.0 Å². The zero-order chi connectivity index (χ0) is 12.2. The van der Waals surface area contributed by atoms with E-state index in [1.165, 1.54) is 0 Å². The van der Waals surface area contributed by atoms with Gasteiger partial charge in [-0.3, -0.25) is 9.48 Å². The Labute approximate surface area is 93.1 Å². The van der Waals surface area contributed by atoms with E-state index in [0.717, 1.165) is 5.69 Å². The minimum atomic E-state index is -3.73. The van der Waals surface area contributed by atoms with E-state index in [-0.39, 0.29) is 6.54 Å². The highest BCUT2D eigenvalue weighted by Gasteiger charge is 2.14. The monoisotopic (exact) mass is 247 g/mol. The van der Waals surface area contributed by atoms with Gasteiger partial charge in [-0.25, -0.2) is 13.1 Å². The molecule has 0 saturated carbocycles. The van der Waals surface area contributed by atoms with Crippen molar-refractivity contribution < 1.29 is 18.3 Å². The van der Waals surface area contributed by atoms with Gasteiger partial charge in [0.1, 0.15) is 0 Å². The van der Waals surface area contributed by atoms with Crippen LogP contribution in [0.3, 0.4) is 0 Å². The molecule has 0 radical (unpaired) electrons. The summed E-state index contributed by atoms with van der Waals surface area (Å²) >= 11 is 0. The maximum atomic E-state index is 11.1. The minimum Gasteiger partial charge on any atom is -0.480 e. The molecule has 0 atom stereocenters. The van der Waals surface area contributed by atoms with Crippen LogP contribution in [0.4, 0.5) is 0 Å². The van der Waals surface area contributed by atoms with Gasteiger partial charge in [0, 0.05) is 26.2 Å². The SMILES string of the molecule is Cn1ccc(CCNS(=O)(=O)CC(=O)O)n1. The highest BCUT2D eigenvalue weighted by atomic mass is 32.2. The smallest absolute Gasteiger partial charge is 0.320 e. The first-order chi connectivity index (χ1) is 7.39. The second-order valence-electron chi connectivity index (χ2n) is 3.28. The molecule has 0 spiro atoms. The number of aromatic nitrogens is 2. The number of aryl methyl sites for hydroxylation is 1. The van der Waals surface area contributed by atoms with E-state index in [4.69, 9.17) is 5.11 Å². The lowest BCUT2D eigenvalue weighted by Gasteiger charge is -2.02. The van der Waals surface area contributed by atoms with Crippen molar-refractivity contribution in [3.63, 3.8) is 0 Å². The van der Waals surface area contributed by atoms with E-state index < -0.39 is 21.7 Å². The summed E-state index contributed by atoms with van der Waals surface area (Å²) < 4.78 is 26.0. The molecular formula is C8H13N3O4S. The normalized spacial score (nSPS) is 11.6. The van der Waals surface area contributed by atoms with Crippen LogP contribution in [-0.4, -0.2) is 41.6 Å². The van der Waals surface area contributed by atoms with Gasteiger partial charge in [0.25, 0.3) is 0 Å². The van der Waals surface area contributed by atoms with E-state index >= 15 is 0 Å². The van der Waals surface area contributed by atoms with Gasteiger partial charge < -0.3 is 5.11 Å². The number of rotatable bonds is 6. The summed E-state index contributed by atoms with van der Waals surface area (Å²) in [6.45, 7) is 0.145. The Morgan fingerprint density at radius 1 is 1.62 bits per heavy atom. The Hall–Kier alpha value is -1.41. The molecule has 1 heterocycles. The van der Waals surface area contributed by atoms with Crippen LogP contribution in [-0.2, 0) is 28.3 Å². The Morgan fingerprint density at radius 3 is 2.81 bits per heavy atom. The third-order valence-electron chi connectivity index (χ3n) is 1.79. The average molecular weight is 247 g/mol. The number of nitrogens with one attached hydrogen (secondary N) is 1. The molecule has 0 aromatic carbocycles. The quantitative estimate of drug-likeness (QED) is 0.669. The molecule has 8 heteroatoms. The van der Waals surface area contributed by atoms with Crippen LogP contribution < -0.4 is 4.72 Å². The van der Waals surface area contributed by atoms with Crippen molar-refractivity contribution in [3.8, 4) is 0 Å². The van der Waals surface area contributed by atoms with Crippen LogP contribution in [0.2, 0.25) is 0 Å². The number of aliphatic carboxylic acids is 1. The molecule has 2 N–H and O–H groups in total. The predicted octanol–water partition coefficient (Wildman–Crippen LogP) is -1.03. The van der Waals surface area contributed by atoms with E-state index in [0.29, 0.717) is 6.42 Å². The zero-order valence-corrected chi connectivity index (χ0v) is 9.57. The fourth-order valence-corrected chi connectivity index (χ4v) is 1.98. The number of carbonyl (C=O) groups is 1. The molecule has 0 unspecified atom stereocenters. The summed E-state index contributed by atoms with van der Waals surface area (Å²) in [4.78, 5) is 10.2. The zero-order valence-electron chi connectivity index (χ0n) is 8.75. The third kappa shape index (κ3) is 4.41. The molecular weight excluding hydrogens is 234 g/mol. The fraction of sp³-hybridized carbons (Fsp3) is 0.500. The summed E-state index contributed by atoms with van der Waals surface area (Å²) in [6.07, 6.45) is 2.18. The van der Waals surface area contributed by atoms with Crippen molar-refractivity contribution in [1.82, 2.24) is 14.5 Å². The molecule has 0 aliphatic rings. The molecule has 0 aliphatic carbocycles. The van der Waals surface area contributed by atoms with E-state index in [2.05, 4.69) is 9.82 Å². The van der Waals surface area contributed by atoms with Gasteiger partial charge in [0.15, 0.2) is 5.75 Å². The summed E-state index contributed by atoms with van der Waals surface area (Å²) in [6, 6.07) is 1.77. The summed E-state index contributed by atoms with van der Waals surface area (Å²) in [7, 11) is -1.97. The van der Waals surface area contributed by atoms with Crippen LogP contribution in [0.15, 0.2) is 12.3 Å².